The Morgan fingerprint density at radius 3 is 2.47 bits per heavy atom. The first-order valence-electron chi connectivity index (χ1n) is 5.60. The first-order chi connectivity index (χ1) is 7.10. The van der Waals surface area contributed by atoms with Crippen LogP contribution >= 0.6 is 0 Å². The van der Waals surface area contributed by atoms with Gasteiger partial charge < -0.3 is 10.8 Å². The molecular weight excluding hydrogens is 186 g/mol. The first-order valence-corrected chi connectivity index (χ1v) is 5.60. The van der Waals surface area contributed by atoms with Gasteiger partial charge in [0, 0.05) is 17.5 Å². The Bertz CT molecular complexity index is 375. The molecule has 0 heterocycles. The van der Waals surface area contributed by atoms with Crippen molar-refractivity contribution >= 4 is 0 Å². The van der Waals surface area contributed by atoms with E-state index in [0.29, 0.717) is 12.3 Å². The minimum atomic E-state index is 0.0581. The van der Waals surface area contributed by atoms with Gasteiger partial charge in [0.05, 0.1) is 0 Å². The van der Waals surface area contributed by atoms with E-state index in [1.165, 1.54) is 6.42 Å². The number of rotatable bonds is 2. The average Bonchev–Trinajstić information content (AvgIpc) is 2.17. The number of aryl methyl sites for hydroxylation is 1. The van der Waals surface area contributed by atoms with Crippen molar-refractivity contribution in [3.05, 3.63) is 28.8 Å². The van der Waals surface area contributed by atoms with Gasteiger partial charge in [-0.3, -0.25) is 0 Å². The lowest BCUT2D eigenvalue weighted by Gasteiger charge is -2.42. The summed E-state index contributed by atoms with van der Waals surface area (Å²) < 4.78 is 0. The van der Waals surface area contributed by atoms with E-state index in [4.69, 9.17) is 5.73 Å². The predicted octanol–water partition coefficient (Wildman–Crippen LogP) is 2.39. The molecule has 0 atom stereocenters. The van der Waals surface area contributed by atoms with Gasteiger partial charge in [0.2, 0.25) is 0 Å². The van der Waals surface area contributed by atoms with E-state index in [0.717, 1.165) is 29.5 Å². The van der Waals surface area contributed by atoms with Crippen molar-refractivity contribution in [2.45, 2.75) is 38.5 Å². The largest absolute Gasteiger partial charge is 0.507 e. The molecule has 2 nitrogen and oxygen atoms in total. The van der Waals surface area contributed by atoms with Crippen LogP contribution < -0.4 is 5.73 Å². The molecule has 2 rings (SSSR count). The lowest BCUT2D eigenvalue weighted by molar-refractivity contribution is 0.244. The molecule has 0 unspecified atom stereocenters. The van der Waals surface area contributed by atoms with E-state index in [1.54, 1.807) is 0 Å². The summed E-state index contributed by atoms with van der Waals surface area (Å²) in [5.41, 5.74) is 9.09. The quantitative estimate of drug-likeness (QED) is 0.778. The van der Waals surface area contributed by atoms with Crippen LogP contribution in [0.1, 0.15) is 36.0 Å². The number of phenolic OH excluding ortho intramolecular Hbond substituents is 1. The molecule has 0 radical (unpaired) electrons. The van der Waals surface area contributed by atoms with E-state index >= 15 is 0 Å². The summed E-state index contributed by atoms with van der Waals surface area (Å²) in [6, 6.07) is 4.13. The Balaban J connectivity index is 2.49. The fourth-order valence-electron chi connectivity index (χ4n) is 2.42. The van der Waals surface area contributed by atoms with Crippen molar-refractivity contribution in [1.82, 2.24) is 0 Å². The highest BCUT2D eigenvalue weighted by Crippen LogP contribution is 2.47. The molecule has 1 saturated carbocycles. The third-order valence-electron chi connectivity index (χ3n) is 3.97. The molecule has 82 valence electrons. The molecule has 1 aliphatic rings. The lowest BCUT2D eigenvalue weighted by Crippen LogP contribution is -2.41. The fraction of sp³-hybridized carbons (Fsp3) is 0.538. The van der Waals surface area contributed by atoms with Crippen molar-refractivity contribution in [1.29, 1.82) is 0 Å². The van der Waals surface area contributed by atoms with Crippen LogP contribution in [0, 0.1) is 13.8 Å². The van der Waals surface area contributed by atoms with Gasteiger partial charge >= 0.3 is 0 Å². The van der Waals surface area contributed by atoms with Gasteiger partial charge in [-0.25, -0.2) is 0 Å². The molecule has 1 aromatic carbocycles. The molecule has 0 bridgehead atoms. The molecule has 0 spiro atoms. The van der Waals surface area contributed by atoms with Gasteiger partial charge in [0.15, 0.2) is 0 Å². The number of benzene rings is 1. The molecule has 0 amide bonds. The van der Waals surface area contributed by atoms with E-state index in [-0.39, 0.29) is 5.41 Å². The van der Waals surface area contributed by atoms with E-state index in [9.17, 15) is 5.11 Å². The maximum absolute atomic E-state index is 10.2. The molecule has 0 aliphatic heterocycles. The zero-order valence-corrected chi connectivity index (χ0v) is 9.51. The Hall–Kier alpha value is -1.02. The van der Waals surface area contributed by atoms with Crippen LogP contribution in [0.25, 0.3) is 0 Å². The standard InChI is InChI=1S/C13H19NO/c1-9-4-5-11(12(15)10(9)2)13(8-14)6-3-7-13/h4-5,15H,3,6-8,14H2,1-2H3. The highest BCUT2D eigenvalue weighted by molar-refractivity contribution is 5.49. The van der Waals surface area contributed by atoms with Crippen molar-refractivity contribution in [2.75, 3.05) is 6.54 Å². The van der Waals surface area contributed by atoms with Crippen molar-refractivity contribution in [3.63, 3.8) is 0 Å². The van der Waals surface area contributed by atoms with Crippen molar-refractivity contribution in [2.24, 2.45) is 5.73 Å². The highest BCUT2D eigenvalue weighted by atomic mass is 16.3. The smallest absolute Gasteiger partial charge is 0.122 e. The maximum Gasteiger partial charge on any atom is 0.122 e. The van der Waals surface area contributed by atoms with Gasteiger partial charge in [0.1, 0.15) is 5.75 Å². The topological polar surface area (TPSA) is 46.2 Å². The maximum atomic E-state index is 10.2. The summed E-state index contributed by atoms with van der Waals surface area (Å²) in [5, 5.41) is 10.2. The second kappa shape index (κ2) is 3.53. The Morgan fingerprint density at radius 1 is 1.33 bits per heavy atom. The number of hydrogen-bond acceptors (Lipinski definition) is 2. The molecule has 1 fully saturated rings. The number of aromatic hydroxyl groups is 1. The summed E-state index contributed by atoms with van der Waals surface area (Å²) in [7, 11) is 0. The normalized spacial score (nSPS) is 18.6. The summed E-state index contributed by atoms with van der Waals surface area (Å²) in [6.07, 6.45) is 3.45. The molecular formula is C13H19NO. The third-order valence-corrected chi connectivity index (χ3v) is 3.97. The molecule has 0 saturated heterocycles. The van der Waals surface area contributed by atoms with E-state index in [1.807, 2.05) is 19.9 Å². The number of hydrogen-bond donors (Lipinski definition) is 2. The first kappa shape index (κ1) is 10.5. The van der Waals surface area contributed by atoms with Crippen LogP contribution in [0.2, 0.25) is 0 Å². The SMILES string of the molecule is Cc1ccc(C2(CN)CCC2)c(O)c1C. The molecule has 1 aromatic rings. The van der Waals surface area contributed by atoms with Crippen LogP contribution in [-0.4, -0.2) is 11.7 Å². The molecule has 3 N–H and O–H groups in total. The van der Waals surface area contributed by atoms with Crippen LogP contribution in [-0.2, 0) is 5.41 Å². The fourth-order valence-corrected chi connectivity index (χ4v) is 2.42. The van der Waals surface area contributed by atoms with Crippen LogP contribution in [0.15, 0.2) is 12.1 Å². The second-order valence-electron chi connectivity index (χ2n) is 4.74. The van der Waals surface area contributed by atoms with Crippen molar-refractivity contribution < 1.29 is 5.11 Å². The van der Waals surface area contributed by atoms with Gasteiger partial charge in [0.25, 0.3) is 0 Å². The molecule has 15 heavy (non-hydrogen) atoms. The van der Waals surface area contributed by atoms with Gasteiger partial charge in [-0.15, -0.1) is 0 Å². The molecule has 2 heteroatoms. The monoisotopic (exact) mass is 205 g/mol. The summed E-state index contributed by atoms with van der Waals surface area (Å²) in [4.78, 5) is 0. The van der Waals surface area contributed by atoms with E-state index in [2.05, 4.69) is 6.07 Å². The second-order valence-corrected chi connectivity index (χ2v) is 4.74. The highest BCUT2D eigenvalue weighted by Gasteiger charge is 2.39. The van der Waals surface area contributed by atoms with Gasteiger partial charge in [-0.1, -0.05) is 18.6 Å². The van der Waals surface area contributed by atoms with Crippen molar-refractivity contribution in [3.8, 4) is 5.75 Å². The van der Waals surface area contributed by atoms with Gasteiger partial charge in [-0.2, -0.15) is 0 Å². The number of phenols is 1. The molecule has 0 aromatic heterocycles. The zero-order valence-electron chi connectivity index (χ0n) is 9.51. The summed E-state index contributed by atoms with van der Waals surface area (Å²) in [5.74, 6) is 0.458. The third kappa shape index (κ3) is 1.44. The Morgan fingerprint density at radius 2 is 2.00 bits per heavy atom. The average molecular weight is 205 g/mol. The lowest BCUT2D eigenvalue weighted by atomic mass is 9.64. The van der Waals surface area contributed by atoms with Gasteiger partial charge in [-0.05, 0) is 37.8 Å². The Labute approximate surface area is 91.1 Å². The Kier molecular flexibility index (Phi) is 2.47. The van der Waals surface area contributed by atoms with Crippen LogP contribution in [0.4, 0.5) is 0 Å². The summed E-state index contributed by atoms with van der Waals surface area (Å²) >= 11 is 0. The minimum Gasteiger partial charge on any atom is -0.507 e. The predicted molar refractivity (Wildman–Crippen MR) is 62.2 cm³/mol. The summed E-state index contributed by atoms with van der Waals surface area (Å²) in [6.45, 7) is 4.63. The zero-order chi connectivity index (χ0) is 11.1. The van der Waals surface area contributed by atoms with Crippen LogP contribution in [0.5, 0.6) is 5.75 Å². The van der Waals surface area contributed by atoms with Crippen LogP contribution in [0.3, 0.4) is 0 Å². The van der Waals surface area contributed by atoms with E-state index < -0.39 is 0 Å². The molecule has 1 aliphatic carbocycles. The number of nitrogens with two attached hydrogens (primary N) is 1. The minimum absolute atomic E-state index is 0.0581.